The van der Waals surface area contributed by atoms with Gasteiger partial charge in [-0.25, -0.2) is 0 Å². The number of allylic oxidation sites excluding steroid dienone is 10. The molecule has 0 aromatic rings. The zero-order valence-electron chi connectivity index (χ0n) is 15.6. The fraction of sp³-hybridized carbons (Fsp3) is 0.545. The van der Waals surface area contributed by atoms with Gasteiger partial charge in [0, 0.05) is 6.61 Å². The first-order valence-corrected chi connectivity index (χ1v) is 9.32. The van der Waals surface area contributed by atoms with E-state index in [2.05, 4.69) is 67.7 Å². The summed E-state index contributed by atoms with van der Waals surface area (Å²) >= 11 is 0. The van der Waals surface area contributed by atoms with E-state index in [0.29, 0.717) is 6.61 Å². The molecule has 0 bridgehead atoms. The molecule has 0 saturated heterocycles. The maximum atomic E-state index is 9.11. The van der Waals surface area contributed by atoms with Gasteiger partial charge in [-0.05, 0) is 51.9 Å². The van der Waals surface area contributed by atoms with Crippen LogP contribution in [0.2, 0.25) is 0 Å². The lowest BCUT2D eigenvalue weighted by molar-refractivity contribution is 0.0157. The third-order valence-electron chi connectivity index (χ3n) is 3.42. The van der Waals surface area contributed by atoms with Crippen molar-refractivity contribution in [1.29, 1.82) is 0 Å². The number of rotatable bonds is 15. The lowest BCUT2D eigenvalue weighted by Gasteiger charge is -2.12. The second-order valence-corrected chi connectivity index (χ2v) is 5.55. The van der Waals surface area contributed by atoms with Crippen LogP contribution >= 0.6 is 0 Å². The molecule has 136 valence electrons. The Morgan fingerprint density at radius 3 is 1.58 bits per heavy atom. The molecule has 0 aromatic carbocycles. The molecule has 24 heavy (non-hydrogen) atoms. The van der Waals surface area contributed by atoms with Crippen LogP contribution in [0, 0.1) is 0 Å². The van der Waals surface area contributed by atoms with Gasteiger partial charge in [-0.2, -0.15) is 0 Å². The number of hydrogen-bond acceptors (Lipinski definition) is 2. The zero-order chi connectivity index (χ0) is 17.7. The fourth-order valence-corrected chi connectivity index (χ4v) is 2.11. The Kier molecular flexibility index (Phi) is 18.5. The summed E-state index contributed by atoms with van der Waals surface area (Å²) in [5.41, 5.74) is 0. The van der Waals surface area contributed by atoms with Crippen LogP contribution in [0.1, 0.15) is 58.8 Å². The van der Waals surface area contributed by atoms with E-state index in [4.69, 9.17) is 9.84 Å². The summed E-state index contributed by atoms with van der Waals surface area (Å²) < 4.78 is 5.40. The molecule has 2 heteroatoms. The molecule has 0 radical (unpaired) electrons. The molecule has 2 nitrogen and oxygen atoms in total. The number of aliphatic hydroxyl groups is 1. The number of ether oxygens (including phenoxy) is 1. The summed E-state index contributed by atoms with van der Waals surface area (Å²) in [6.07, 6.45) is 28.9. The van der Waals surface area contributed by atoms with Crippen LogP contribution in [-0.2, 0) is 4.74 Å². The van der Waals surface area contributed by atoms with Crippen LogP contribution in [0.15, 0.2) is 60.8 Å². The molecule has 0 aliphatic rings. The first-order valence-electron chi connectivity index (χ1n) is 9.32. The van der Waals surface area contributed by atoms with E-state index in [0.717, 1.165) is 44.9 Å². The van der Waals surface area contributed by atoms with E-state index in [1.807, 2.05) is 6.92 Å². The van der Waals surface area contributed by atoms with Crippen molar-refractivity contribution in [3.8, 4) is 0 Å². The molecule has 0 heterocycles. The predicted octanol–water partition coefficient (Wildman–Crippen LogP) is 5.92. The molecule has 0 amide bonds. The van der Waals surface area contributed by atoms with Crippen LogP contribution in [0.25, 0.3) is 0 Å². The Bertz CT molecular complexity index is 389. The largest absolute Gasteiger partial charge is 0.394 e. The van der Waals surface area contributed by atoms with E-state index < -0.39 is 0 Å². The summed E-state index contributed by atoms with van der Waals surface area (Å²) in [5.74, 6) is 0. The van der Waals surface area contributed by atoms with E-state index >= 15 is 0 Å². The van der Waals surface area contributed by atoms with Gasteiger partial charge < -0.3 is 9.84 Å². The molecule has 0 spiro atoms. The normalized spacial score (nSPS) is 14.3. The van der Waals surface area contributed by atoms with Crippen molar-refractivity contribution in [1.82, 2.24) is 0 Å². The lowest BCUT2D eigenvalue weighted by atomic mass is 10.2. The van der Waals surface area contributed by atoms with E-state index in [-0.39, 0.29) is 12.7 Å². The Morgan fingerprint density at radius 2 is 1.17 bits per heavy atom. The Morgan fingerprint density at radius 1 is 0.708 bits per heavy atom. The van der Waals surface area contributed by atoms with Crippen molar-refractivity contribution in [2.24, 2.45) is 0 Å². The van der Waals surface area contributed by atoms with Crippen molar-refractivity contribution in [3.05, 3.63) is 60.8 Å². The van der Waals surface area contributed by atoms with Crippen molar-refractivity contribution < 1.29 is 9.84 Å². The summed E-state index contributed by atoms with van der Waals surface area (Å²) in [6, 6.07) is 0. The van der Waals surface area contributed by atoms with Gasteiger partial charge in [0.2, 0.25) is 0 Å². The minimum absolute atomic E-state index is 0.0166. The minimum atomic E-state index is -0.0166. The Labute approximate surface area is 149 Å². The highest BCUT2D eigenvalue weighted by molar-refractivity contribution is 5.00. The first-order chi connectivity index (χ1) is 11.8. The maximum absolute atomic E-state index is 9.11. The van der Waals surface area contributed by atoms with Crippen LogP contribution in [0.4, 0.5) is 0 Å². The Balaban J connectivity index is 3.56. The van der Waals surface area contributed by atoms with Gasteiger partial charge >= 0.3 is 0 Å². The van der Waals surface area contributed by atoms with Gasteiger partial charge in [0.15, 0.2) is 0 Å². The molecule has 1 N–H and O–H groups in total. The standard InChI is InChI=1S/C22H36O2/c1-3-5-6-7-8-9-10-11-12-13-14-15-16-17-18-19-20-22(21-23)24-4-2/h5-6,8-9,11-12,14-15,17-18,22-23H,3-4,7,10,13,16,19-21H2,1-2H3/b6-5-,9-8-,12-11-,15-14-,18-17-. The molecular formula is C22H36O2. The first kappa shape index (κ1) is 22.6. The van der Waals surface area contributed by atoms with Crippen molar-refractivity contribution in [2.75, 3.05) is 13.2 Å². The molecule has 0 aliphatic heterocycles. The highest BCUT2D eigenvalue weighted by Crippen LogP contribution is 2.03. The summed E-state index contributed by atoms with van der Waals surface area (Å²) in [7, 11) is 0. The van der Waals surface area contributed by atoms with Gasteiger partial charge in [-0.15, -0.1) is 0 Å². The van der Waals surface area contributed by atoms with Crippen LogP contribution in [-0.4, -0.2) is 24.4 Å². The molecule has 1 atom stereocenters. The number of hydrogen-bond donors (Lipinski definition) is 1. The highest BCUT2D eigenvalue weighted by Gasteiger charge is 2.03. The van der Waals surface area contributed by atoms with Crippen molar-refractivity contribution in [3.63, 3.8) is 0 Å². The average Bonchev–Trinajstić information content (AvgIpc) is 2.60. The third kappa shape index (κ3) is 17.0. The van der Waals surface area contributed by atoms with Crippen molar-refractivity contribution >= 4 is 0 Å². The smallest absolute Gasteiger partial charge is 0.0808 e. The van der Waals surface area contributed by atoms with Gasteiger partial charge in [-0.3, -0.25) is 0 Å². The van der Waals surface area contributed by atoms with Crippen molar-refractivity contribution in [2.45, 2.75) is 64.9 Å². The zero-order valence-corrected chi connectivity index (χ0v) is 15.6. The fourth-order valence-electron chi connectivity index (χ4n) is 2.11. The Hall–Kier alpha value is -1.38. The van der Waals surface area contributed by atoms with Crippen LogP contribution in [0.5, 0.6) is 0 Å². The van der Waals surface area contributed by atoms with Gasteiger partial charge in [0.05, 0.1) is 12.7 Å². The molecular weight excluding hydrogens is 296 g/mol. The highest BCUT2D eigenvalue weighted by atomic mass is 16.5. The second kappa shape index (κ2) is 19.7. The molecule has 0 rings (SSSR count). The monoisotopic (exact) mass is 332 g/mol. The number of aliphatic hydroxyl groups excluding tert-OH is 1. The molecule has 0 saturated carbocycles. The quantitative estimate of drug-likeness (QED) is 0.377. The van der Waals surface area contributed by atoms with Gasteiger partial charge in [0.1, 0.15) is 0 Å². The molecule has 0 fully saturated rings. The van der Waals surface area contributed by atoms with E-state index in [1.54, 1.807) is 0 Å². The van der Waals surface area contributed by atoms with Crippen LogP contribution < -0.4 is 0 Å². The van der Waals surface area contributed by atoms with Gasteiger partial charge in [-0.1, -0.05) is 67.7 Å². The van der Waals surface area contributed by atoms with E-state index in [9.17, 15) is 0 Å². The minimum Gasteiger partial charge on any atom is -0.394 e. The molecule has 0 aromatic heterocycles. The second-order valence-electron chi connectivity index (χ2n) is 5.55. The summed E-state index contributed by atoms with van der Waals surface area (Å²) in [6.45, 7) is 4.88. The summed E-state index contributed by atoms with van der Waals surface area (Å²) in [5, 5.41) is 9.11. The topological polar surface area (TPSA) is 29.5 Å². The van der Waals surface area contributed by atoms with Gasteiger partial charge in [0.25, 0.3) is 0 Å². The maximum Gasteiger partial charge on any atom is 0.0808 e. The summed E-state index contributed by atoms with van der Waals surface area (Å²) in [4.78, 5) is 0. The third-order valence-corrected chi connectivity index (χ3v) is 3.42. The van der Waals surface area contributed by atoms with E-state index in [1.165, 1.54) is 0 Å². The lowest BCUT2D eigenvalue weighted by Crippen LogP contribution is -2.16. The SMILES string of the molecule is CC/C=C\C/C=C\C/C=C\C/C=C\C/C=C\CCC(CO)OCC. The predicted molar refractivity (Wildman–Crippen MR) is 106 cm³/mol. The molecule has 0 aliphatic carbocycles. The molecule has 1 unspecified atom stereocenters. The van der Waals surface area contributed by atoms with Crippen LogP contribution in [0.3, 0.4) is 0 Å². The average molecular weight is 333 g/mol.